The molecule has 3 rings (SSSR count). The molecule has 6 nitrogen and oxygen atoms in total. The van der Waals surface area contributed by atoms with E-state index in [-0.39, 0.29) is 0 Å². The summed E-state index contributed by atoms with van der Waals surface area (Å²) in [5.41, 5.74) is 3.43. The smallest absolute Gasteiger partial charge is 0.412 e. The normalized spacial score (nSPS) is 10.9. The molecule has 0 fully saturated rings. The third-order valence-corrected chi connectivity index (χ3v) is 2.98. The highest BCUT2D eigenvalue weighted by atomic mass is 16.5. The van der Waals surface area contributed by atoms with Crippen LogP contribution in [0.15, 0.2) is 30.5 Å². The minimum Gasteiger partial charge on any atom is -0.450 e. The van der Waals surface area contributed by atoms with E-state index in [1.54, 1.807) is 13.0 Å². The quantitative estimate of drug-likeness (QED) is 0.777. The fraction of sp³-hybridized carbons (Fsp3) is 0.214. The number of aromatic nitrogens is 3. The van der Waals surface area contributed by atoms with Crippen LogP contribution in [0, 0.1) is 6.92 Å². The molecule has 0 aliphatic heterocycles. The first kappa shape index (κ1) is 12.4. The van der Waals surface area contributed by atoms with E-state index in [2.05, 4.69) is 15.3 Å². The van der Waals surface area contributed by atoms with Gasteiger partial charge in [0.05, 0.1) is 6.61 Å². The molecule has 1 amide bonds. The molecule has 0 saturated heterocycles. The number of amides is 1. The minimum atomic E-state index is -0.510. The lowest BCUT2D eigenvalue weighted by molar-refractivity contribution is 0.168. The summed E-state index contributed by atoms with van der Waals surface area (Å²) >= 11 is 0. The van der Waals surface area contributed by atoms with Crippen LogP contribution >= 0.6 is 0 Å². The van der Waals surface area contributed by atoms with Crippen molar-refractivity contribution >= 4 is 28.7 Å². The standard InChI is InChI=1S/C14H14N4O2/c1-3-20-14(19)17-11-7-6-10-13(16-11)18-8-4-5-9(2)12(18)15-10/h4-8H,3H2,1-2H3,(H,16,17,19). The Kier molecular flexibility index (Phi) is 2.98. The number of nitrogens with zero attached hydrogens (tertiary/aromatic N) is 3. The van der Waals surface area contributed by atoms with E-state index in [0.717, 1.165) is 16.7 Å². The second-order valence-electron chi connectivity index (χ2n) is 4.38. The molecule has 6 heteroatoms. The molecular formula is C14H14N4O2. The Morgan fingerprint density at radius 1 is 1.30 bits per heavy atom. The number of nitrogens with one attached hydrogen (secondary N) is 1. The molecular weight excluding hydrogens is 256 g/mol. The van der Waals surface area contributed by atoms with Crippen LogP contribution in [0.1, 0.15) is 12.5 Å². The van der Waals surface area contributed by atoms with Crippen molar-refractivity contribution in [3.63, 3.8) is 0 Å². The predicted molar refractivity (Wildman–Crippen MR) is 75.9 cm³/mol. The Morgan fingerprint density at radius 3 is 2.95 bits per heavy atom. The summed E-state index contributed by atoms with van der Waals surface area (Å²) in [6.45, 7) is 4.07. The van der Waals surface area contributed by atoms with Crippen molar-refractivity contribution in [2.24, 2.45) is 0 Å². The van der Waals surface area contributed by atoms with Gasteiger partial charge in [0.15, 0.2) is 5.65 Å². The van der Waals surface area contributed by atoms with Gasteiger partial charge in [-0.1, -0.05) is 6.07 Å². The molecule has 0 bridgehead atoms. The molecule has 20 heavy (non-hydrogen) atoms. The maximum atomic E-state index is 11.4. The molecule has 0 aromatic carbocycles. The molecule has 0 saturated carbocycles. The van der Waals surface area contributed by atoms with Gasteiger partial charge in [-0.25, -0.2) is 14.8 Å². The second kappa shape index (κ2) is 4.80. The van der Waals surface area contributed by atoms with E-state index in [1.807, 2.05) is 35.7 Å². The summed E-state index contributed by atoms with van der Waals surface area (Å²) in [6.07, 6.45) is 1.39. The molecule has 0 unspecified atom stereocenters. The summed E-state index contributed by atoms with van der Waals surface area (Å²) in [5.74, 6) is 0.444. The Balaban J connectivity index is 2.08. The fourth-order valence-electron chi connectivity index (χ4n) is 2.08. The van der Waals surface area contributed by atoms with Crippen molar-refractivity contribution in [2.75, 3.05) is 11.9 Å². The number of fused-ring (bicyclic) bond motifs is 3. The molecule has 0 radical (unpaired) electrons. The number of hydrogen-bond donors (Lipinski definition) is 1. The van der Waals surface area contributed by atoms with Crippen molar-refractivity contribution in [3.8, 4) is 0 Å². The van der Waals surface area contributed by atoms with Gasteiger partial charge >= 0.3 is 6.09 Å². The third-order valence-electron chi connectivity index (χ3n) is 2.98. The Bertz CT molecular complexity index is 794. The van der Waals surface area contributed by atoms with E-state index in [9.17, 15) is 4.79 Å². The third kappa shape index (κ3) is 2.05. The zero-order chi connectivity index (χ0) is 14.1. The summed E-state index contributed by atoms with van der Waals surface area (Å²) in [7, 11) is 0. The topological polar surface area (TPSA) is 68.5 Å². The van der Waals surface area contributed by atoms with Crippen LogP contribution in [0.2, 0.25) is 0 Å². The lowest BCUT2D eigenvalue weighted by Gasteiger charge is -2.04. The first-order valence-corrected chi connectivity index (χ1v) is 6.37. The average molecular weight is 270 g/mol. The molecule has 3 aromatic rings. The molecule has 1 N–H and O–H groups in total. The number of aryl methyl sites for hydroxylation is 1. The lowest BCUT2D eigenvalue weighted by Crippen LogP contribution is -2.14. The van der Waals surface area contributed by atoms with Crippen molar-refractivity contribution in [2.45, 2.75) is 13.8 Å². The number of anilines is 1. The van der Waals surface area contributed by atoms with Crippen LogP contribution in [0.5, 0.6) is 0 Å². The molecule has 102 valence electrons. The van der Waals surface area contributed by atoms with E-state index in [1.165, 1.54) is 0 Å². The van der Waals surface area contributed by atoms with E-state index in [0.29, 0.717) is 18.1 Å². The van der Waals surface area contributed by atoms with E-state index >= 15 is 0 Å². The van der Waals surface area contributed by atoms with Crippen LogP contribution in [0.4, 0.5) is 10.6 Å². The zero-order valence-electron chi connectivity index (χ0n) is 11.3. The highest BCUT2D eigenvalue weighted by Gasteiger charge is 2.09. The van der Waals surface area contributed by atoms with Gasteiger partial charge in [-0.3, -0.25) is 9.72 Å². The SMILES string of the molecule is CCOC(=O)Nc1ccc2nc3c(C)cccn3c2n1. The number of ether oxygens (including phenoxy) is 1. The molecule has 0 aliphatic rings. The Morgan fingerprint density at radius 2 is 2.15 bits per heavy atom. The molecule has 3 aromatic heterocycles. The van der Waals surface area contributed by atoms with Crippen molar-refractivity contribution in [3.05, 3.63) is 36.0 Å². The van der Waals surface area contributed by atoms with Gasteiger partial charge in [0.2, 0.25) is 0 Å². The maximum absolute atomic E-state index is 11.4. The molecule has 0 atom stereocenters. The van der Waals surface area contributed by atoms with Crippen LogP contribution in [0.3, 0.4) is 0 Å². The average Bonchev–Trinajstić information content (AvgIpc) is 2.79. The van der Waals surface area contributed by atoms with Crippen LogP contribution in [-0.2, 0) is 4.74 Å². The van der Waals surface area contributed by atoms with Crippen LogP contribution in [-0.4, -0.2) is 27.1 Å². The van der Waals surface area contributed by atoms with Crippen molar-refractivity contribution < 1.29 is 9.53 Å². The van der Waals surface area contributed by atoms with Crippen LogP contribution < -0.4 is 5.32 Å². The van der Waals surface area contributed by atoms with Gasteiger partial charge in [-0.15, -0.1) is 0 Å². The first-order valence-electron chi connectivity index (χ1n) is 6.37. The summed E-state index contributed by atoms with van der Waals surface area (Å²) in [4.78, 5) is 20.4. The number of hydrogen-bond acceptors (Lipinski definition) is 4. The highest BCUT2D eigenvalue weighted by molar-refractivity contribution is 5.86. The number of imidazole rings is 1. The Hall–Kier alpha value is -2.63. The minimum absolute atomic E-state index is 0.322. The maximum Gasteiger partial charge on any atom is 0.412 e. The van der Waals surface area contributed by atoms with Gasteiger partial charge in [-0.2, -0.15) is 0 Å². The fourth-order valence-corrected chi connectivity index (χ4v) is 2.08. The summed E-state index contributed by atoms with van der Waals surface area (Å²) in [5, 5.41) is 2.59. The van der Waals surface area contributed by atoms with E-state index in [4.69, 9.17) is 4.74 Å². The number of carbonyl (C=O) groups excluding carboxylic acids is 1. The molecule has 0 spiro atoms. The van der Waals surface area contributed by atoms with Crippen molar-refractivity contribution in [1.82, 2.24) is 14.4 Å². The second-order valence-corrected chi connectivity index (χ2v) is 4.38. The Labute approximate surface area is 115 Å². The largest absolute Gasteiger partial charge is 0.450 e. The highest BCUT2D eigenvalue weighted by Crippen LogP contribution is 2.19. The van der Waals surface area contributed by atoms with Gasteiger partial charge in [-0.05, 0) is 37.6 Å². The molecule has 0 aliphatic carbocycles. The van der Waals surface area contributed by atoms with E-state index < -0.39 is 6.09 Å². The predicted octanol–water partition coefficient (Wildman–Crippen LogP) is 2.76. The van der Waals surface area contributed by atoms with Crippen molar-refractivity contribution in [1.29, 1.82) is 0 Å². The summed E-state index contributed by atoms with van der Waals surface area (Å²) < 4.78 is 6.74. The number of rotatable bonds is 2. The van der Waals surface area contributed by atoms with Gasteiger partial charge in [0.25, 0.3) is 0 Å². The number of pyridine rings is 2. The number of carbonyl (C=O) groups is 1. The zero-order valence-corrected chi connectivity index (χ0v) is 11.3. The monoisotopic (exact) mass is 270 g/mol. The van der Waals surface area contributed by atoms with Gasteiger partial charge in [0.1, 0.15) is 17.0 Å². The van der Waals surface area contributed by atoms with Gasteiger partial charge in [0, 0.05) is 6.20 Å². The summed E-state index contributed by atoms with van der Waals surface area (Å²) in [6, 6.07) is 7.48. The lowest BCUT2D eigenvalue weighted by atomic mass is 10.3. The van der Waals surface area contributed by atoms with Crippen LogP contribution in [0.25, 0.3) is 16.8 Å². The molecule has 3 heterocycles. The van der Waals surface area contributed by atoms with Gasteiger partial charge < -0.3 is 4.74 Å². The first-order chi connectivity index (χ1) is 9.69.